The molecule has 29 heavy (non-hydrogen) atoms. The van der Waals surface area contributed by atoms with E-state index in [4.69, 9.17) is 21.6 Å². The van der Waals surface area contributed by atoms with E-state index in [1.165, 1.54) is 12.0 Å². The van der Waals surface area contributed by atoms with Gasteiger partial charge in [0.2, 0.25) is 5.91 Å². The van der Waals surface area contributed by atoms with Gasteiger partial charge in [0, 0.05) is 23.0 Å². The van der Waals surface area contributed by atoms with Crippen molar-refractivity contribution in [3.8, 4) is 6.07 Å². The third-order valence-corrected chi connectivity index (χ3v) is 5.59. The number of alkyl halides is 1. The lowest BCUT2D eigenvalue weighted by molar-refractivity contribution is -0.154. The molecule has 1 amide bonds. The van der Waals surface area contributed by atoms with Crippen molar-refractivity contribution in [3.63, 3.8) is 0 Å². The van der Waals surface area contributed by atoms with Gasteiger partial charge in [-0.15, -0.1) is 11.6 Å². The second-order valence-electron chi connectivity index (χ2n) is 6.88. The van der Waals surface area contributed by atoms with Crippen molar-refractivity contribution in [2.24, 2.45) is 0 Å². The number of rotatable bonds is 3. The lowest BCUT2D eigenvalue weighted by atomic mass is 9.87. The fourth-order valence-corrected chi connectivity index (χ4v) is 4.21. The predicted molar refractivity (Wildman–Crippen MR) is 108 cm³/mol. The minimum Gasteiger partial charge on any atom is -0.467 e. The maximum atomic E-state index is 12.8. The van der Waals surface area contributed by atoms with Gasteiger partial charge in [0.25, 0.3) is 0 Å². The summed E-state index contributed by atoms with van der Waals surface area (Å²) in [5, 5.41) is 10.1. The molecule has 0 bridgehead atoms. The van der Waals surface area contributed by atoms with Crippen molar-refractivity contribution in [1.82, 2.24) is 9.88 Å². The molecule has 0 spiro atoms. The maximum absolute atomic E-state index is 12.8. The Morgan fingerprint density at radius 1 is 1.24 bits per heavy atom. The van der Waals surface area contributed by atoms with Crippen LogP contribution >= 0.6 is 11.6 Å². The third-order valence-electron chi connectivity index (χ3n) is 5.36. The van der Waals surface area contributed by atoms with Crippen molar-refractivity contribution in [2.45, 2.75) is 18.5 Å². The van der Waals surface area contributed by atoms with Crippen LogP contribution in [0.2, 0.25) is 0 Å². The zero-order valence-electron chi connectivity index (χ0n) is 15.7. The van der Waals surface area contributed by atoms with E-state index in [0.717, 1.165) is 27.7 Å². The van der Waals surface area contributed by atoms with E-state index in [1.807, 2.05) is 24.3 Å². The molecule has 2 heterocycles. The number of hydrogen-bond donors (Lipinski definition) is 1. The highest BCUT2D eigenvalue weighted by Gasteiger charge is 2.43. The van der Waals surface area contributed by atoms with Gasteiger partial charge in [0.1, 0.15) is 11.9 Å². The number of benzene rings is 2. The van der Waals surface area contributed by atoms with E-state index in [9.17, 15) is 9.59 Å². The summed E-state index contributed by atoms with van der Waals surface area (Å²) < 4.78 is 5.01. The van der Waals surface area contributed by atoms with Crippen LogP contribution in [0, 0.1) is 11.3 Å². The molecule has 2 atom stereocenters. The van der Waals surface area contributed by atoms with Gasteiger partial charge in [0.05, 0.1) is 24.8 Å². The first-order chi connectivity index (χ1) is 14.1. The molecule has 2 aromatic carbocycles. The van der Waals surface area contributed by atoms with Crippen molar-refractivity contribution in [2.75, 3.05) is 13.0 Å². The number of hydrogen-bond acceptors (Lipinski definition) is 4. The van der Waals surface area contributed by atoms with Gasteiger partial charge >= 0.3 is 5.97 Å². The van der Waals surface area contributed by atoms with Crippen LogP contribution in [0.3, 0.4) is 0 Å². The molecule has 0 radical (unpaired) electrons. The number of carbonyl (C=O) groups excluding carboxylic acids is 2. The van der Waals surface area contributed by atoms with Gasteiger partial charge in [-0.2, -0.15) is 5.26 Å². The molecule has 3 aromatic rings. The number of esters is 1. The molecule has 0 saturated carbocycles. The number of nitrogens with one attached hydrogen (secondary N) is 1. The Hall–Kier alpha value is -3.30. The number of amides is 1. The first-order valence-corrected chi connectivity index (χ1v) is 9.67. The summed E-state index contributed by atoms with van der Waals surface area (Å²) in [5.41, 5.74) is 4.04. The first-order valence-electron chi connectivity index (χ1n) is 9.13. The second kappa shape index (κ2) is 7.61. The van der Waals surface area contributed by atoms with Crippen LogP contribution in [0.25, 0.3) is 10.9 Å². The topological polar surface area (TPSA) is 86.2 Å². The number of para-hydroxylation sites is 1. The Bertz CT molecular complexity index is 1130. The zero-order chi connectivity index (χ0) is 20.5. The standard InChI is InChI=1S/C22H18ClN3O3/c1-29-22(28)18-10-16-15-4-2-3-5-17(15)25-20(16)21(26(18)19(27)11-23)14-8-6-13(12-24)7-9-14/h2-9,18,21,25H,10-11H2,1H3/t18-,21-/m1/s1. The Morgan fingerprint density at radius 3 is 2.62 bits per heavy atom. The molecule has 1 aromatic heterocycles. The largest absolute Gasteiger partial charge is 0.467 e. The average molecular weight is 408 g/mol. The normalized spacial score (nSPS) is 18.2. The van der Waals surface area contributed by atoms with Crippen molar-refractivity contribution in [3.05, 3.63) is 70.9 Å². The minimum absolute atomic E-state index is 0.254. The minimum atomic E-state index is -0.793. The number of H-pyrrole nitrogens is 1. The second-order valence-corrected chi connectivity index (χ2v) is 7.14. The molecule has 4 rings (SSSR count). The highest BCUT2D eigenvalue weighted by molar-refractivity contribution is 6.27. The van der Waals surface area contributed by atoms with E-state index in [1.54, 1.807) is 24.3 Å². The number of nitriles is 1. The van der Waals surface area contributed by atoms with E-state index >= 15 is 0 Å². The smallest absolute Gasteiger partial charge is 0.328 e. The van der Waals surface area contributed by atoms with Crippen LogP contribution in [0.4, 0.5) is 0 Å². The summed E-state index contributed by atoms with van der Waals surface area (Å²) in [4.78, 5) is 30.4. The summed E-state index contributed by atoms with van der Waals surface area (Å²) in [6.45, 7) is 0. The number of aromatic amines is 1. The quantitative estimate of drug-likeness (QED) is 0.533. The summed E-state index contributed by atoms with van der Waals surface area (Å²) in [6.07, 6.45) is 0.335. The fraction of sp³-hybridized carbons (Fsp3) is 0.227. The zero-order valence-corrected chi connectivity index (χ0v) is 16.4. The summed E-state index contributed by atoms with van der Waals surface area (Å²) in [7, 11) is 1.31. The number of nitrogens with zero attached hydrogens (tertiary/aromatic N) is 2. The van der Waals surface area contributed by atoms with E-state index in [0.29, 0.717) is 12.0 Å². The lowest BCUT2D eigenvalue weighted by Crippen LogP contribution is -2.52. The monoisotopic (exact) mass is 407 g/mol. The molecule has 6 nitrogen and oxygen atoms in total. The number of aromatic nitrogens is 1. The predicted octanol–water partition coefficient (Wildman–Crippen LogP) is 3.29. The third kappa shape index (κ3) is 3.14. The van der Waals surface area contributed by atoms with Crippen LogP contribution in [0.1, 0.15) is 28.4 Å². The van der Waals surface area contributed by atoms with Crippen LogP contribution < -0.4 is 0 Å². The van der Waals surface area contributed by atoms with Crippen LogP contribution in [0.5, 0.6) is 0 Å². The van der Waals surface area contributed by atoms with Gasteiger partial charge in [-0.05, 0) is 29.3 Å². The van der Waals surface area contributed by atoms with Crippen LogP contribution in [-0.2, 0) is 20.7 Å². The fourth-order valence-electron chi connectivity index (χ4n) is 4.07. The lowest BCUT2D eigenvalue weighted by Gasteiger charge is -2.40. The molecule has 0 unspecified atom stereocenters. The number of halogens is 1. The Balaban J connectivity index is 1.97. The number of ether oxygens (including phenoxy) is 1. The van der Waals surface area contributed by atoms with Crippen LogP contribution in [0.15, 0.2) is 48.5 Å². The molecule has 1 aliphatic heterocycles. The molecule has 146 valence electrons. The molecular formula is C22H18ClN3O3. The van der Waals surface area contributed by atoms with E-state index in [-0.39, 0.29) is 11.8 Å². The van der Waals surface area contributed by atoms with E-state index < -0.39 is 18.1 Å². The number of methoxy groups -OCH3 is 1. The molecule has 1 aliphatic rings. The van der Waals surface area contributed by atoms with Gasteiger partial charge in [-0.3, -0.25) is 4.79 Å². The molecule has 7 heteroatoms. The highest BCUT2D eigenvalue weighted by atomic mass is 35.5. The maximum Gasteiger partial charge on any atom is 0.328 e. The summed E-state index contributed by atoms with van der Waals surface area (Å²) in [5.74, 6) is -1.10. The first kappa shape index (κ1) is 19.0. The Morgan fingerprint density at radius 2 is 1.97 bits per heavy atom. The summed E-state index contributed by atoms with van der Waals surface area (Å²) >= 11 is 5.91. The van der Waals surface area contributed by atoms with Crippen molar-refractivity contribution >= 4 is 34.4 Å². The van der Waals surface area contributed by atoms with Crippen molar-refractivity contribution in [1.29, 1.82) is 5.26 Å². The van der Waals surface area contributed by atoms with Crippen molar-refractivity contribution < 1.29 is 14.3 Å². The number of fused-ring (bicyclic) bond motifs is 3. The van der Waals surface area contributed by atoms with Crippen LogP contribution in [-0.4, -0.2) is 40.8 Å². The Labute approximate surface area is 172 Å². The molecule has 0 saturated heterocycles. The summed E-state index contributed by atoms with van der Waals surface area (Å²) in [6, 6.07) is 15.6. The van der Waals surface area contributed by atoms with Gasteiger partial charge < -0.3 is 14.6 Å². The van der Waals surface area contributed by atoms with Gasteiger partial charge in [-0.1, -0.05) is 30.3 Å². The van der Waals surface area contributed by atoms with Gasteiger partial charge in [-0.25, -0.2) is 4.79 Å². The molecule has 0 aliphatic carbocycles. The SMILES string of the molecule is COC(=O)[C@H]1Cc2c([nH]c3ccccc23)[C@@H](c2ccc(C#N)cc2)N1C(=O)CCl. The average Bonchev–Trinajstić information content (AvgIpc) is 3.15. The number of carbonyl (C=O) groups is 2. The molecular weight excluding hydrogens is 390 g/mol. The molecule has 0 fully saturated rings. The van der Waals surface area contributed by atoms with E-state index in [2.05, 4.69) is 11.1 Å². The Kier molecular flexibility index (Phi) is 4.99. The highest BCUT2D eigenvalue weighted by Crippen LogP contribution is 2.41. The van der Waals surface area contributed by atoms with Gasteiger partial charge in [0.15, 0.2) is 0 Å². The molecule has 1 N–H and O–H groups in total.